The van der Waals surface area contributed by atoms with E-state index < -0.39 is 12.0 Å². The van der Waals surface area contributed by atoms with E-state index in [-0.39, 0.29) is 11.7 Å². The largest absolute Gasteiger partial charge is 0.508 e. The Kier molecular flexibility index (Phi) is 4.05. The molecule has 0 saturated heterocycles. The first-order valence-electron chi connectivity index (χ1n) is 5.05. The van der Waals surface area contributed by atoms with Gasteiger partial charge in [0.25, 0.3) is 0 Å². The molecule has 86 valence electrons. The summed E-state index contributed by atoms with van der Waals surface area (Å²) in [7, 11) is 0. The molecule has 0 spiro atoms. The summed E-state index contributed by atoms with van der Waals surface area (Å²) in [4.78, 5) is 14.9. The molecule has 1 rings (SSSR count). The number of nitrogens with zero attached hydrogens (tertiary/aromatic N) is 1. The summed E-state index contributed by atoms with van der Waals surface area (Å²) >= 11 is 0. The second-order valence-corrected chi connectivity index (χ2v) is 3.90. The highest BCUT2D eigenvalue weighted by Gasteiger charge is 2.18. The first-order chi connectivity index (χ1) is 7.50. The molecule has 0 aliphatic heterocycles. The predicted octanol–water partition coefficient (Wildman–Crippen LogP) is 1.92. The van der Waals surface area contributed by atoms with Gasteiger partial charge in [0.1, 0.15) is 11.8 Å². The van der Waals surface area contributed by atoms with Gasteiger partial charge >= 0.3 is 5.97 Å². The summed E-state index contributed by atoms with van der Waals surface area (Å²) in [6, 6.07) is 5.70. The van der Waals surface area contributed by atoms with E-state index in [1.165, 1.54) is 18.3 Å². The summed E-state index contributed by atoms with van der Waals surface area (Å²) in [6.45, 7) is 3.62. The van der Waals surface area contributed by atoms with Crippen LogP contribution in [0.25, 0.3) is 0 Å². The predicted molar refractivity (Wildman–Crippen MR) is 62.0 cm³/mol. The normalized spacial score (nSPS) is 13.2. The van der Waals surface area contributed by atoms with Crippen molar-refractivity contribution in [1.82, 2.24) is 0 Å². The molecule has 1 aromatic carbocycles. The van der Waals surface area contributed by atoms with Crippen molar-refractivity contribution in [3.63, 3.8) is 0 Å². The molecule has 4 heteroatoms. The molecule has 0 amide bonds. The molecular formula is C12H15NO3. The van der Waals surface area contributed by atoms with Gasteiger partial charge in [-0.1, -0.05) is 13.8 Å². The van der Waals surface area contributed by atoms with Gasteiger partial charge in [0.2, 0.25) is 0 Å². The molecule has 0 aliphatic carbocycles. The highest BCUT2D eigenvalue weighted by Crippen LogP contribution is 2.10. The number of hydrogen-bond acceptors (Lipinski definition) is 3. The summed E-state index contributed by atoms with van der Waals surface area (Å²) in [6.07, 6.45) is 1.51. The van der Waals surface area contributed by atoms with Crippen molar-refractivity contribution in [1.29, 1.82) is 0 Å². The topological polar surface area (TPSA) is 69.9 Å². The van der Waals surface area contributed by atoms with Crippen molar-refractivity contribution in [3.8, 4) is 5.75 Å². The molecule has 16 heavy (non-hydrogen) atoms. The Balaban J connectivity index is 2.78. The van der Waals surface area contributed by atoms with Crippen LogP contribution in [0.5, 0.6) is 5.75 Å². The van der Waals surface area contributed by atoms with Gasteiger partial charge in [-0.3, -0.25) is 4.99 Å². The number of aliphatic imine (C=N–C) groups is 1. The average molecular weight is 221 g/mol. The van der Waals surface area contributed by atoms with Crippen LogP contribution in [-0.2, 0) is 4.79 Å². The van der Waals surface area contributed by atoms with Crippen molar-refractivity contribution in [2.24, 2.45) is 10.9 Å². The zero-order valence-electron chi connectivity index (χ0n) is 9.29. The van der Waals surface area contributed by atoms with Gasteiger partial charge in [0.05, 0.1) is 0 Å². The van der Waals surface area contributed by atoms with Gasteiger partial charge in [0, 0.05) is 6.21 Å². The van der Waals surface area contributed by atoms with E-state index in [1.807, 2.05) is 13.8 Å². The molecule has 2 N–H and O–H groups in total. The van der Waals surface area contributed by atoms with Crippen LogP contribution < -0.4 is 0 Å². The van der Waals surface area contributed by atoms with E-state index in [0.29, 0.717) is 0 Å². The fourth-order valence-corrected chi connectivity index (χ4v) is 1.25. The highest BCUT2D eigenvalue weighted by atomic mass is 16.4. The monoisotopic (exact) mass is 221 g/mol. The maximum Gasteiger partial charge on any atom is 0.328 e. The molecule has 0 aromatic heterocycles. The van der Waals surface area contributed by atoms with Crippen molar-refractivity contribution in [3.05, 3.63) is 29.8 Å². The Morgan fingerprint density at radius 1 is 1.31 bits per heavy atom. The zero-order valence-corrected chi connectivity index (χ0v) is 9.29. The smallest absolute Gasteiger partial charge is 0.328 e. The SMILES string of the molecule is CC(C)C(N=Cc1ccc(O)cc1)C(=O)O. The van der Waals surface area contributed by atoms with Gasteiger partial charge < -0.3 is 10.2 Å². The lowest BCUT2D eigenvalue weighted by Gasteiger charge is -2.10. The molecule has 0 fully saturated rings. The van der Waals surface area contributed by atoms with E-state index >= 15 is 0 Å². The Morgan fingerprint density at radius 3 is 2.31 bits per heavy atom. The van der Waals surface area contributed by atoms with E-state index in [2.05, 4.69) is 4.99 Å². The number of carbonyl (C=O) groups is 1. The second-order valence-electron chi connectivity index (χ2n) is 3.90. The number of aromatic hydroxyl groups is 1. The molecular weight excluding hydrogens is 206 g/mol. The molecule has 0 radical (unpaired) electrons. The molecule has 0 saturated carbocycles. The minimum atomic E-state index is -0.926. The maximum absolute atomic E-state index is 10.9. The molecule has 4 nitrogen and oxygen atoms in total. The zero-order chi connectivity index (χ0) is 12.1. The van der Waals surface area contributed by atoms with Gasteiger partial charge in [-0.15, -0.1) is 0 Å². The summed E-state index contributed by atoms with van der Waals surface area (Å²) in [5.41, 5.74) is 0.768. The number of aliphatic carboxylic acids is 1. The minimum Gasteiger partial charge on any atom is -0.508 e. The van der Waals surface area contributed by atoms with Crippen molar-refractivity contribution in [2.75, 3.05) is 0 Å². The molecule has 0 aliphatic rings. The number of hydrogen-bond donors (Lipinski definition) is 2. The number of phenolic OH excluding ortho intramolecular Hbond substituents is 1. The highest BCUT2D eigenvalue weighted by molar-refractivity contribution is 5.83. The van der Waals surface area contributed by atoms with E-state index in [1.54, 1.807) is 12.1 Å². The molecule has 0 bridgehead atoms. The molecule has 0 heterocycles. The lowest BCUT2D eigenvalue weighted by Crippen LogP contribution is -2.24. The van der Waals surface area contributed by atoms with Crippen LogP contribution in [0.15, 0.2) is 29.3 Å². The van der Waals surface area contributed by atoms with Crippen LogP contribution in [0, 0.1) is 5.92 Å². The Labute approximate surface area is 94.3 Å². The van der Waals surface area contributed by atoms with Crippen LogP contribution in [-0.4, -0.2) is 28.4 Å². The van der Waals surface area contributed by atoms with E-state index in [4.69, 9.17) is 10.2 Å². The minimum absolute atomic E-state index is 0.0501. The summed E-state index contributed by atoms with van der Waals surface area (Å²) in [5.74, 6) is -0.799. The van der Waals surface area contributed by atoms with Crippen LogP contribution in [0.4, 0.5) is 0 Å². The Hall–Kier alpha value is -1.84. The van der Waals surface area contributed by atoms with Crippen LogP contribution in [0.3, 0.4) is 0 Å². The average Bonchev–Trinajstić information content (AvgIpc) is 2.20. The fraction of sp³-hybridized carbons (Fsp3) is 0.333. The first-order valence-corrected chi connectivity index (χ1v) is 5.05. The molecule has 1 aromatic rings. The second kappa shape index (κ2) is 5.30. The molecule has 1 atom stereocenters. The van der Waals surface area contributed by atoms with E-state index in [0.717, 1.165) is 5.56 Å². The third-order valence-electron chi connectivity index (χ3n) is 2.16. The van der Waals surface area contributed by atoms with Gasteiger partial charge in [0.15, 0.2) is 0 Å². The van der Waals surface area contributed by atoms with Crippen molar-refractivity contribution in [2.45, 2.75) is 19.9 Å². The number of phenols is 1. The summed E-state index contributed by atoms with van der Waals surface area (Å²) in [5, 5.41) is 18.0. The fourth-order valence-electron chi connectivity index (χ4n) is 1.25. The van der Waals surface area contributed by atoms with Crippen LogP contribution >= 0.6 is 0 Å². The number of benzene rings is 1. The van der Waals surface area contributed by atoms with Gasteiger partial charge in [-0.25, -0.2) is 4.79 Å². The standard InChI is InChI=1S/C12H15NO3/c1-8(2)11(12(15)16)13-7-9-3-5-10(14)6-4-9/h3-8,11,14H,1-2H3,(H,15,16). The third-order valence-corrected chi connectivity index (χ3v) is 2.16. The van der Waals surface area contributed by atoms with Crippen LogP contribution in [0.2, 0.25) is 0 Å². The van der Waals surface area contributed by atoms with Gasteiger partial charge in [-0.2, -0.15) is 0 Å². The first kappa shape index (κ1) is 12.2. The van der Waals surface area contributed by atoms with Crippen LogP contribution in [0.1, 0.15) is 19.4 Å². The quantitative estimate of drug-likeness (QED) is 0.763. The Morgan fingerprint density at radius 2 is 1.88 bits per heavy atom. The van der Waals surface area contributed by atoms with E-state index in [9.17, 15) is 4.79 Å². The van der Waals surface area contributed by atoms with Crippen molar-refractivity contribution < 1.29 is 15.0 Å². The Bertz CT molecular complexity index is 382. The lowest BCUT2D eigenvalue weighted by atomic mass is 10.1. The lowest BCUT2D eigenvalue weighted by molar-refractivity contribution is -0.139. The summed E-state index contributed by atoms with van der Waals surface area (Å²) < 4.78 is 0. The maximum atomic E-state index is 10.9. The number of carboxylic acid groups (broad SMARTS) is 1. The van der Waals surface area contributed by atoms with Gasteiger partial charge in [-0.05, 0) is 35.7 Å². The number of carboxylic acids is 1. The molecule has 1 unspecified atom stereocenters. The van der Waals surface area contributed by atoms with Crippen molar-refractivity contribution >= 4 is 12.2 Å². The third kappa shape index (κ3) is 3.38. The number of rotatable bonds is 4.